The molecule has 1 aromatic heterocycles. The van der Waals surface area contributed by atoms with Crippen LogP contribution < -0.4 is 53.6 Å². The van der Waals surface area contributed by atoms with E-state index in [1.54, 1.807) is 149 Å². The van der Waals surface area contributed by atoms with Crippen molar-refractivity contribution in [2.45, 2.75) is 178 Å². The number of nitrogens with zero attached hydrogens (tertiary/aromatic N) is 5. The molecule has 1 aliphatic rings. The minimum Gasteiger partial charge on any atom is -0.508 e. The van der Waals surface area contributed by atoms with Crippen LogP contribution in [0, 0.1) is 11.8 Å². The molecule has 0 unspecified atom stereocenters. The standard InChI is InChI=1S/C94H121N16O18PS/c1-11-12-32-76-93(127)107(7)53-81(115)99-71(49-83(117)129)88(122)103-72(42-57(4)5)91(125)109(9)77(46-59-26-18-14-19-27-59)89(123)104-73(45-62-35-39-65(112)40-36-62)90(124)106(6)52-80(114)98-70(48-63-50-96-67-31-23-22-30-66(63)67)87(121)102-69(43-61-33-37-64(111)38-34-61)86(120)101-68(41-56(2)3)85(119)105-75(84(118)97-51-79(95)113)54-130-55-82(116)100-74(44-58-24-16-13-17-25-58)92(126)110(10)78(94(128)108(76)8)47-60-28-20-15-21-29-60/h13-31,33-40,50,56-57,68-78,96,111-112,117,129H,11-12,32,41-49,51-55H2,1-10H3,(H2,95,113)(H,97,118)(H,98,114)(H,99,115)(H,100,116)(H,101,120)(H,102,121)(H,103,122)(H,104,123)(H,105,119)/t68-,69-,70-,71-,72-,73-,74-,75-,76-,77-,78-/m0/s1. The van der Waals surface area contributed by atoms with E-state index < -0.39 is 192 Å². The highest BCUT2D eigenvalue weighted by Gasteiger charge is 2.42. The third-order valence-corrected chi connectivity index (χ3v) is 23.4. The Balaban J connectivity index is 1.22. The SMILES string of the molecule is CCCC[C@H]1C(=O)N(C)CC(=O)N[C@@H](CC(O)=P)C(=O)N[C@@H](CC(C)C)C(=O)N(C)[C@@H](Cc2ccccc2)C(=O)N[C@@H](Cc2ccc(O)cc2)C(=O)N(C)CC(=O)N[C@@H](Cc2c[nH]c3ccccc23)C(=O)N[C@@H](Cc2ccc(O)cc2)C(=O)N[C@@H](CC(C)C)C(=O)N[C@H](C(=O)NCC(N)=O)CSCC(=O)N[C@@H](Cc2ccccc2)C(=O)N(C)[C@@H](Cc2ccccc2)C(=O)N1C. The number of aromatic hydroxyl groups is 2. The Kier molecular flexibility index (Phi) is 39.4. The number of hydrogen-bond acceptors (Lipinski definition) is 18. The summed E-state index contributed by atoms with van der Waals surface area (Å²) in [5.74, 6) is -14.7. The maximum atomic E-state index is 15.6. The van der Waals surface area contributed by atoms with Gasteiger partial charge in [-0.3, -0.25) is 71.9 Å². The van der Waals surface area contributed by atoms with Crippen LogP contribution in [0.3, 0.4) is 0 Å². The number of H-pyrrole nitrogens is 1. The summed E-state index contributed by atoms with van der Waals surface area (Å²) in [6, 6.07) is 28.2. The van der Waals surface area contributed by atoms with Crippen LogP contribution in [0.2, 0.25) is 0 Å². The summed E-state index contributed by atoms with van der Waals surface area (Å²) in [6.07, 6.45) is 0.737. The van der Waals surface area contributed by atoms with Crippen LogP contribution in [0.25, 0.3) is 10.9 Å². The molecule has 6 aromatic carbocycles. The molecule has 7 aromatic rings. The van der Waals surface area contributed by atoms with Crippen LogP contribution in [0.1, 0.15) is 107 Å². The van der Waals surface area contributed by atoms with Gasteiger partial charge in [0.15, 0.2) is 0 Å². The van der Waals surface area contributed by atoms with Crippen LogP contribution >= 0.6 is 20.6 Å². The first-order valence-electron chi connectivity index (χ1n) is 43.2. The molecule has 0 saturated carbocycles. The molecule has 34 nitrogen and oxygen atoms in total. The minimum absolute atomic E-state index is 0.0531. The maximum Gasteiger partial charge on any atom is 0.246 e. The van der Waals surface area contributed by atoms with Gasteiger partial charge >= 0.3 is 0 Å². The number of phenols is 2. The molecule has 0 radical (unpaired) electrons. The zero-order valence-electron chi connectivity index (χ0n) is 74.9. The number of thioether (sulfide) groups is 1. The second-order valence-electron chi connectivity index (χ2n) is 33.6. The van der Waals surface area contributed by atoms with Crippen molar-refractivity contribution >= 4 is 126 Å². The van der Waals surface area contributed by atoms with Crippen LogP contribution in [-0.2, 0) is 110 Å². The molecular weight excluding hydrogens is 1700 g/mol. The van der Waals surface area contributed by atoms with Gasteiger partial charge in [-0.2, -0.15) is 0 Å². The van der Waals surface area contributed by atoms with Crippen molar-refractivity contribution in [1.82, 2.24) is 77.3 Å². The first-order valence-corrected chi connectivity index (χ1v) is 44.8. The minimum atomic E-state index is -1.64. The summed E-state index contributed by atoms with van der Waals surface area (Å²) < 4.78 is 0. The summed E-state index contributed by atoms with van der Waals surface area (Å²) in [5, 5.41) is 56.6. The number of aromatic amines is 1. The fourth-order valence-corrected chi connectivity index (χ4v) is 16.3. The lowest BCUT2D eigenvalue weighted by Gasteiger charge is -2.37. The van der Waals surface area contributed by atoms with Gasteiger partial charge in [-0.25, -0.2) is 0 Å². The predicted molar refractivity (Wildman–Crippen MR) is 494 cm³/mol. The van der Waals surface area contributed by atoms with Crippen molar-refractivity contribution in [3.8, 4) is 11.5 Å². The van der Waals surface area contributed by atoms with Gasteiger partial charge in [-0.1, -0.05) is 190 Å². The Hall–Kier alpha value is -13.0. The van der Waals surface area contributed by atoms with E-state index in [4.69, 9.17) is 5.73 Å². The van der Waals surface area contributed by atoms with Crippen molar-refractivity contribution in [3.63, 3.8) is 0 Å². The highest BCUT2D eigenvalue weighted by molar-refractivity contribution is 8.00. The molecule has 15 N–H and O–H groups in total. The van der Waals surface area contributed by atoms with E-state index in [1.807, 2.05) is 6.92 Å². The molecular formula is C94H121N16O18PS. The fourth-order valence-electron chi connectivity index (χ4n) is 15.2. The molecule has 696 valence electrons. The number of hydrogen-bond donors (Lipinski definition) is 14. The van der Waals surface area contributed by atoms with Crippen molar-refractivity contribution < 1.29 is 87.2 Å². The van der Waals surface area contributed by atoms with Gasteiger partial charge in [0.05, 0.1) is 30.9 Å². The quantitative estimate of drug-likeness (QED) is 0.0386. The van der Waals surface area contributed by atoms with Gasteiger partial charge in [0, 0.05) is 103 Å². The average Bonchev–Trinajstić information content (AvgIpc) is 1.30. The largest absolute Gasteiger partial charge is 0.508 e. The van der Waals surface area contributed by atoms with Crippen molar-refractivity contribution in [2.24, 2.45) is 17.6 Å². The fraction of sp³-hybridized carbons (Fsp3) is 0.426. The molecule has 0 spiro atoms. The predicted octanol–water partition coefficient (Wildman–Crippen LogP) is 3.28. The normalized spacial score (nSPS) is 21.8. The zero-order valence-corrected chi connectivity index (χ0v) is 76.7. The number of aliphatic hydroxyl groups excluding tert-OH is 1. The Morgan fingerprint density at radius 2 is 0.869 bits per heavy atom. The van der Waals surface area contributed by atoms with Crippen molar-refractivity contribution in [2.75, 3.05) is 66.4 Å². The summed E-state index contributed by atoms with van der Waals surface area (Å²) in [4.78, 5) is 232. The van der Waals surface area contributed by atoms with E-state index in [9.17, 15) is 48.9 Å². The molecule has 2 heterocycles. The van der Waals surface area contributed by atoms with E-state index in [0.29, 0.717) is 57.1 Å². The number of unbranched alkanes of at least 4 members (excludes halogenated alkanes) is 1. The molecule has 36 heteroatoms. The van der Waals surface area contributed by atoms with Crippen LogP contribution in [-0.4, -0.2) is 272 Å². The number of benzene rings is 6. The highest BCUT2D eigenvalue weighted by Crippen LogP contribution is 2.25. The molecule has 0 aliphatic carbocycles. The van der Waals surface area contributed by atoms with Crippen LogP contribution in [0.4, 0.5) is 0 Å². The number of para-hydroxylation sites is 1. The monoisotopic (exact) mass is 1820 g/mol. The van der Waals surface area contributed by atoms with Gasteiger partial charge in [0.25, 0.3) is 0 Å². The Morgan fingerprint density at radius 1 is 0.454 bits per heavy atom. The van der Waals surface area contributed by atoms with Gasteiger partial charge in [0.2, 0.25) is 88.6 Å². The summed E-state index contributed by atoms with van der Waals surface area (Å²) in [5.41, 5.74) is 8.74. The zero-order chi connectivity index (χ0) is 95.0. The first kappa shape index (κ1) is 102. The number of likely N-dealkylation sites (N-methyl/N-ethyl adjacent to an activating group) is 5. The van der Waals surface area contributed by atoms with E-state index in [1.165, 1.54) is 93.6 Å². The molecule has 1 fully saturated rings. The summed E-state index contributed by atoms with van der Waals surface area (Å²) >= 11 is 0.840. The lowest BCUT2D eigenvalue weighted by molar-refractivity contribution is -0.151. The second kappa shape index (κ2) is 50.1. The van der Waals surface area contributed by atoms with E-state index >= 15 is 38.4 Å². The van der Waals surface area contributed by atoms with Gasteiger partial charge in [0.1, 0.15) is 78.0 Å². The van der Waals surface area contributed by atoms with E-state index in [0.717, 1.165) is 26.5 Å². The number of amides is 15. The first-order chi connectivity index (χ1) is 61.9. The van der Waals surface area contributed by atoms with Gasteiger partial charge in [-0.15, -0.1) is 11.8 Å². The Morgan fingerprint density at radius 3 is 1.41 bits per heavy atom. The summed E-state index contributed by atoms with van der Waals surface area (Å²) in [7, 11) is 9.79. The number of nitrogens with one attached hydrogen (secondary N) is 10. The molecule has 1 saturated heterocycles. The highest BCUT2D eigenvalue weighted by atomic mass is 32.2. The molecule has 11 atom stereocenters. The second-order valence-corrected chi connectivity index (χ2v) is 35.2. The van der Waals surface area contributed by atoms with Crippen LogP contribution in [0.5, 0.6) is 11.5 Å². The number of primary amides is 1. The summed E-state index contributed by atoms with van der Waals surface area (Å²) in [6.45, 7) is 6.75. The average molecular weight is 1830 g/mol. The lowest BCUT2D eigenvalue weighted by Crippen LogP contribution is -2.60. The number of carbonyl (C=O) groups is 15. The topological polar surface area (TPSA) is 483 Å². The number of rotatable bonds is 24. The number of phenolic OH excluding ortho intramolecular Hbond substituents is 2. The van der Waals surface area contributed by atoms with Crippen LogP contribution in [0.15, 0.2) is 170 Å². The maximum absolute atomic E-state index is 15.6. The van der Waals surface area contributed by atoms with Crippen molar-refractivity contribution in [1.29, 1.82) is 0 Å². The molecule has 15 amide bonds. The number of fused-ring (bicyclic) bond motifs is 1. The Bertz CT molecular complexity index is 5090. The molecule has 0 bridgehead atoms. The van der Waals surface area contributed by atoms with E-state index in [-0.39, 0.29) is 86.9 Å². The van der Waals surface area contributed by atoms with Crippen molar-refractivity contribution in [3.05, 3.63) is 203 Å². The molecule has 8 rings (SSSR count). The van der Waals surface area contributed by atoms with Gasteiger partial charge < -0.3 is 98.4 Å². The molecule has 1 aliphatic heterocycles. The van der Waals surface area contributed by atoms with E-state index in [2.05, 4.69) is 61.7 Å². The smallest absolute Gasteiger partial charge is 0.246 e. The number of nitrogens with two attached hydrogens (primary N) is 1. The number of aliphatic hydroxyl groups is 1. The molecule has 130 heavy (non-hydrogen) atoms. The third kappa shape index (κ3) is 31.4. The third-order valence-electron chi connectivity index (χ3n) is 22.2. The number of carbonyl (C=O) groups excluding carboxylic acids is 15. The Labute approximate surface area is 763 Å². The lowest BCUT2D eigenvalue weighted by atomic mass is 9.98. The van der Waals surface area contributed by atoms with Gasteiger partial charge in [-0.05, 0) is 94.8 Å². The number of aromatic nitrogens is 1.